The van der Waals surface area contributed by atoms with E-state index in [2.05, 4.69) is 9.97 Å². The van der Waals surface area contributed by atoms with Crippen LogP contribution in [-0.4, -0.2) is 24.2 Å². The average Bonchev–Trinajstić information content (AvgIpc) is 2.30. The molecule has 2 aromatic rings. The van der Waals surface area contributed by atoms with Crippen LogP contribution < -0.4 is 5.23 Å². The number of nitrogens with zero attached hydrogens (tertiary/aromatic N) is 3. The van der Waals surface area contributed by atoms with Crippen LogP contribution in [0.3, 0.4) is 0 Å². The molecule has 0 aliphatic carbocycles. The van der Waals surface area contributed by atoms with Crippen LogP contribution in [0.25, 0.3) is 10.9 Å². The number of hydrogen-bond donors (Lipinski definition) is 0. The Balaban J connectivity index is 2.46. The first-order valence-electron chi connectivity index (χ1n) is 4.43. The van der Waals surface area contributed by atoms with Crippen LogP contribution in [0.4, 0.5) is 5.69 Å². The highest BCUT2D eigenvalue weighted by atomic mass is 16.9. The van der Waals surface area contributed by atoms with Crippen molar-refractivity contribution in [2.45, 2.75) is 0 Å². The summed E-state index contributed by atoms with van der Waals surface area (Å²) in [5, 5.41) is 2.29. The van der Waals surface area contributed by atoms with Gasteiger partial charge < -0.3 is 0 Å². The number of fused-ring (bicyclic) bond motifs is 1. The Hall–Kier alpha value is -1.72. The van der Waals surface area contributed by atoms with E-state index in [1.54, 1.807) is 6.20 Å². The Kier molecular flexibility index (Phi) is 2.75. The second-order valence-corrected chi connectivity index (χ2v) is 2.89. The number of anilines is 1. The molecule has 0 fully saturated rings. The fourth-order valence-electron chi connectivity index (χ4n) is 1.36. The molecule has 0 unspecified atom stereocenters. The molecule has 0 amide bonds. The fourth-order valence-corrected chi connectivity index (χ4v) is 1.36. The topological polar surface area (TPSA) is 47.5 Å². The third-order valence-corrected chi connectivity index (χ3v) is 2.03. The zero-order valence-electron chi connectivity index (χ0n) is 8.54. The van der Waals surface area contributed by atoms with Crippen molar-refractivity contribution >= 4 is 16.6 Å². The molecule has 5 heteroatoms. The first-order valence-corrected chi connectivity index (χ1v) is 4.43. The lowest BCUT2D eigenvalue weighted by Crippen LogP contribution is -2.19. The highest BCUT2D eigenvalue weighted by Gasteiger charge is 2.05. The van der Waals surface area contributed by atoms with Gasteiger partial charge in [-0.1, -0.05) is 0 Å². The van der Waals surface area contributed by atoms with E-state index in [1.807, 2.05) is 18.2 Å². The van der Waals surface area contributed by atoms with E-state index in [0.717, 1.165) is 16.6 Å². The molecular formula is C10H11N3O2. The smallest absolute Gasteiger partial charge is 0.116 e. The SMILES string of the molecule is CON(OC)c1ccc2cncnc2c1. The average molecular weight is 205 g/mol. The third-order valence-electron chi connectivity index (χ3n) is 2.03. The van der Waals surface area contributed by atoms with Gasteiger partial charge in [-0.15, -0.1) is 5.23 Å². The van der Waals surface area contributed by atoms with Gasteiger partial charge in [0.2, 0.25) is 0 Å². The van der Waals surface area contributed by atoms with E-state index in [1.165, 1.54) is 25.8 Å². The van der Waals surface area contributed by atoms with Gasteiger partial charge in [0.25, 0.3) is 0 Å². The molecule has 0 saturated carbocycles. The molecule has 0 radical (unpaired) electrons. The molecule has 0 spiro atoms. The van der Waals surface area contributed by atoms with Crippen molar-refractivity contribution in [2.75, 3.05) is 19.4 Å². The third kappa shape index (κ3) is 1.88. The number of rotatable bonds is 3. The predicted molar refractivity (Wildman–Crippen MR) is 56.0 cm³/mol. The second-order valence-electron chi connectivity index (χ2n) is 2.89. The van der Waals surface area contributed by atoms with Crippen LogP contribution in [-0.2, 0) is 9.68 Å². The lowest BCUT2D eigenvalue weighted by molar-refractivity contribution is -0.0432. The molecule has 2 rings (SSSR count). The van der Waals surface area contributed by atoms with Crippen molar-refractivity contribution in [3.05, 3.63) is 30.7 Å². The molecular weight excluding hydrogens is 194 g/mol. The van der Waals surface area contributed by atoms with Crippen LogP contribution in [0.15, 0.2) is 30.7 Å². The number of hydrogen-bond acceptors (Lipinski definition) is 5. The van der Waals surface area contributed by atoms with Gasteiger partial charge in [0, 0.05) is 11.6 Å². The summed E-state index contributed by atoms with van der Waals surface area (Å²) in [5.74, 6) is 0. The van der Waals surface area contributed by atoms with Gasteiger partial charge in [-0.3, -0.25) is 9.68 Å². The molecule has 0 aliphatic rings. The Labute approximate surface area is 87.2 Å². The van der Waals surface area contributed by atoms with E-state index >= 15 is 0 Å². The van der Waals surface area contributed by atoms with E-state index in [4.69, 9.17) is 9.68 Å². The van der Waals surface area contributed by atoms with Crippen molar-refractivity contribution in [1.29, 1.82) is 0 Å². The van der Waals surface area contributed by atoms with E-state index in [-0.39, 0.29) is 0 Å². The summed E-state index contributed by atoms with van der Waals surface area (Å²) in [6.07, 6.45) is 3.27. The first kappa shape index (κ1) is 9.82. The maximum atomic E-state index is 5.00. The minimum atomic E-state index is 0.784. The molecule has 78 valence electrons. The molecule has 0 bridgehead atoms. The van der Waals surface area contributed by atoms with Gasteiger partial charge in [-0.05, 0) is 18.2 Å². The maximum absolute atomic E-state index is 5.00. The molecule has 1 aromatic carbocycles. The van der Waals surface area contributed by atoms with Crippen LogP contribution >= 0.6 is 0 Å². The summed E-state index contributed by atoms with van der Waals surface area (Å²) in [4.78, 5) is 18.1. The Bertz CT molecular complexity index is 457. The Morgan fingerprint density at radius 1 is 1.20 bits per heavy atom. The molecule has 0 atom stereocenters. The highest BCUT2D eigenvalue weighted by Crippen LogP contribution is 2.19. The summed E-state index contributed by atoms with van der Waals surface area (Å²) in [6.45, 7) is 0. The van der Waals surface area contributed by atoms with Crippen LogP contribution in [0.1, 0.15) is 0 Å². The zero-order valence-corrected chi connectivity index (χ0v) is 8.54. The molecule has 0 N–H and O–H groups in total. The normalized spacial score (nSPS) is 10.5. The van der Waals surface area contributed by atoms with Crippen molar-refractivity contribution in [1.82, 2.24) is 9.97 Å². The summed E-state index contributed by atoms with van der Waals surface area (Å²) in [6, 6.07) is 5.65. The predicted octanol–water partition coefficient (Wildman–Crippen LogP) is 1.56. The molecule has 5 nitrogen and oxygen atoms in total. The van der Waals surface area contributed by atoms with Gasteiger partial charge in [-0.2, -0.15) is 0 Å². The van der Waals surface area contributed by atoms with Crippen LogP contribution in [0.2, 0.25) is 0 Å². The minimum absolute atomic E-state index is 0.784. The van der Waals surface area contributed by atoms with Gasteiger partial charge in [0.05, 0.1) is 25.4 Å². The van der Waals surface area contributed by atoms with E-state index in [9.17, 15) is 0 Å². The molecule has 1 aromatic heterocycles. The number of benzene rings is 1. The van der Waals surface area contributed by atoms with Crippen LogP contribution in [0, 0.1) is 0 Å². The molecule has 0 saturated heterocycles. The second kappa shape index (κ2) is 4.20. The highest BCUT2D eigenvalue weighted by molar-refractivity contribution is 5.80. The van der Waals surface area contributed by atoms with Gasteiger partial charge >= 0.3 is 0 Å². The maximum Gasteiger partial charge on any atom is 0.116 e. The Morgan fingerprint density at radius 2 is 2.00 bits per heavy atom. The largest absolute Gasteiger partial charge is 0.252 e. The monoisotopic (exact) mass is 205 g/mol. The lowest BCUT2D eigenvalue weighted by Gasteiger charge is -2.17. The lowest BCUT2D eigenvalue weighted by atomic mass is 10.2. The standard InChI is InChI=1S/C10H11N3O2/c1-14-13(15-2)9-4-3-8-6-11-7-12-10(8)5-9/h3-7H,1-2H3. The van der Waals surface area contributed by atoms with E-state index in [0.29, 0.717) is 0 Å². The van der Waals surface area contributed by atoms with Crippen molar-refractivity contribution < 1.29 is 9.68 Å². The number of aromatic nitrogens is 2. The Morgan fingerprint density at radius 3 is 2.73 bits per heavy atom. The summed E-state index contributed by atoms with van der Waals surface area (Å²) in [5.41, 5.74) is 1.63. The van der Waals surface area contributed by atoms with Gasteiger partial charge in [0.15, 0.2) is 0 Å². The summed E-state index contributed by atoms with van der Waals surface area (Å²) < 4.78 is 0. The minimum Gasteiger partial charge on any atom is -0.252 e. The quantitative estimate of drug-likeness (QED) is 0.711. The molecule has 1 heterocycles. The van der Waals surface area contributed by atoms with Crippen molar-refractivity contribution in [3.8, 4) is 0 Å². The van der Waals surface area contributed by atoms with Gasteiger partial charge in [-0.25, -0.2) is 9.97 Å². The van der Waals surface area contributed by atoms with Crippen molar-refractivity contribution in [2.24, 2.45) is 0 Å². The zero-order chi connectivity index (χ0) is 10.7. The van der Waals surface area contributed by atoms with Crippen molar-refractivity contribution in [3.63, 3.8) is 0 Å². The molecule has 15 heavy (non-hydrogen) atoms. The molecule has 0 aliphatic heterocycles. The first-order chi connectivity index (χ1) is 7.35. The van der Waals surface area contributed by atoms with E-state index < -0.39 is 0 Å². The van der Waals surface area contributed by atoms with Crippen LogP contribution in [0.5, 0.6) is 0 Å². The van der Waals surface area contributed by atoms with Gasteiger partial charge in [0.1, 0.15) is 6.33 Å². The summed E-state index contributed by atoms with van der Waals surface area (Å²) >= 11 is 0. The fraction of sp³-hybridized carbons (Fsp3) is 0.200. The summed E-state index contributed by atoms with van der Waals surface area (Å²) in [7, 11) is 3.07.